The lowest BCUT2D eigenvalue weighted by Gasteiger charge is -2.42. The Morgan fingerprint density at radius 3 is 2.58 bits per heavy atom. The van der Waals surface area contributed by atoms with Crippen LogP contribution in [0.15, 0.2) is 18.2 Å². The minimum absolute atomic E-state index is 0.0838. The molecule has 2 rings (SSSR count). The van der Waals surface area contributed by atoms with Crippen LogP contribution in [-0.2, 0) is 0 Å². The molecule has 0 radical (unpaired) electrons. The first-order chi connectivity index (χ1) is 9.06. The van der Waals surface area contributed by atoms with Gasteiger partial charge in [0.15, 0.2) is 0 Å². The van der Waals surface area contributed by atoms with Crippen molar-refractivity contribution in [1.82, 2.24) is 5.32 Å². The Balaban J connectivity index is 2.19. The van der Waals surface area contributed by atoms with Gasteiger partial charge in [-0.15, -0.1) is 0 Å². The van der Waals surface area contributed by atoms with Crippen molar-refractivity contribution in [1.29, 1.82) is 0 Å². The van der Waals surface area contributed by atoms with E-state index in [1.807, 2.05) is 7.05 Å². The van der Waals surface area contributed by atoms with Crippen molar-refractivity contribution < 1.29 is 4.74 Å². The molecule has 0 saturated heterocycles. The molecule has 0 heterocycles. The van der Waals surface area contributed by atoms with Gasteiger partial charge in [0.2, 0.25) is 0 Å². The third kappa shape index (κ3) is 3.30. The van der Waals surface area contributed by atoms with Crippen LogP contribution in [-0.4, -0.2) is 19.2 Å². The summed E-state index contributed by atoms with van der Waals surface area (Å²) >= 11 is 0. The average molecular weight is 261 g/mol. The highest BCUT2D eigenvalue weighted by Crippen LogP contribution is 2.41. The molecule has 1 aromatic carbocycles. The monoisotopic (exact) mass is 261 g/mol. The Morgan fingerprint density at radius 1 is 1.32 bits per heavy atom. The van der Waals surface area contributed by atoms with Crippen molar-refractivity contribution in [3.8, 4) is 5.75 Å². The van der Waals surface area contributed by atoms with Gasteiger partial charge in [-0.2, -0.15) is 0 Å². The van der Waals surface area contributed by atoms with E-state index in [9.17, 15) is 0 Å². The smallest absolute Gasteiger partial charge is 0.123 e. The van der Waals surface area contributed by atoms with Gasteiger partial charge in [-0.3, -0.25) is 0 Å². The number of hydrogen-bond donors (Lipinski definition) is 1. The molecule has 2 nitrogen and oxygen atoms in total. The minimum Gasteiger partial charge on any atom is -0.487 e. The van der Waals surface area contributed by atoms with Crippen molar-refractivity contribution in [3.05, 3.63) is 29.3 Å². The second kappa shape index (κ2) is 5.96. The summed E-state index contributed by atoms with van der Waals surface area (Å²) in [7, 11) is 2.01. The van der Waals surface area contributed by atoms with E-state index in [4.69, 9.17) is 4.74 Å². The van der Waals surface area contributed by atoms with E-state index in [0.29, 0.717) is 5.92 Å². The number of benzene rings is 1. The number of nitrogens with one attached hydrogen (secondary N) is 1. The molecule has 1 aliphatic carbocycles. The molecule has 0 unspecified atom stereocenters. The van der Waals surface area contributed by atoms with E-state index >= 15 is 0 Å². The summed E-state index contributed by atoms with van der Waals surface area (Å²) in [5.41, 5.74) is 2.70. The molecule has 0 aliphatic heterocycles. The van der Waals surface area contributed by atoms with Crippen molar-refractivity contribution >= 4 is 0 Å². The van der Waals surface area contributed by atoms with Gasteiger partial charge < -0.3 is 10.1 Å². The van der Waals surface area contributed by atoms with Gasteiger partial charge in [0.05, 0.1) is 0 Å². The Kier molecular flexibility index (Phi) is 4.51. The molecule has 1 saturated carbocycles. The van der Waals surface area contributed by atoms with Gasteiger partial charge >= 0.3 is 0 Å². The molecule has 0 amide bonds. The van der Waals surface area contributed by atoms with Crippen LogP contribution in [0.25, 0.3) is 0 Å². The van der Waals surface area contributed by atoms with E-state index in [1.165, 1.54) is 30.4 Å². The first-order valence-electron chi connectivity index (χ1n) is 7.50. The summed E-state index contributed by atoms with van der Waals surface area (Å²) in [4.78, 5) is 0. The summed E-state index contributed by atoms with van der Waals surface area (Å²) in [6.07, 6.45) is 4.79. The predicted molar refractivity (Wildman–Crippen MR) is 81.0 cm³/mol. The highest BCUT2D eigenvalue weighted by molar-refractivity contribution is 5.39. The lowest BCUT2D eigenvalue weighted by Crippen LogP contribution is -2.45. The van der Waals surface area contributed by atoms with E-state index in [0.717, 1.165) is 18.7 Å². The van der Waals surface area contributed by atoms with Crippen LogP contribution in [0.2, 0.25) is 0 Å². The maximum Gasteiger partial charge on any atom is 0.123 e. The van der Waals surface area contributed by atoms with Crippen LogP contribution in [0.4, 0.5) is 0 Å². The molecular formula is C17H27NO. The Hall–Kier alpha value is -1.02. The Labute approximate surface area is 117 Å². The van der Waals surface area contributed by atoms with Crippen molar-refractivity contribution in [2.75, 3.05) is 13.6 Å². The molecule has 0 aromatic heterocycles. The van der Waals surface area contributed by atoms with Gasteiger partial charge in [-0.1, -0.05) is 26.0 Å². The second-order valence-electron chi connectivity index (χ2n) is 6.19. The molecule has 0 bridgehead atoms. The van der Waals surface area contributed by atoms with Crippen LogP contribution in [0, 0.1) is 6.92 Å². The van der Waals surface area contributed by atoms with E-state index in [-0.39, 0.29) is 5.60 Å². The van der Waals surface area contributed by atoms with Crippen molar-refractivity contribution in [2.24, 2.45) is 0 Å². The van der Waals surface area contributed by atoms with Crippen molar-refractivity contribution in [2.45, 2.75) is 58.0 Å². The molecule has 1 N–H and O–H groups in total. The molecule has 1 aromatic rings. The topological polar surface area (TPSA) is 21.3 Å². The number of aryl methyl sites for hydroxylation is 1. The normalized spacial score (nSPS) is 17.3. The second-order valence-corrected chi connectivity index (χ2v) is 6.19. The highest BCUT2D eigenvalue weighted by atomic mass is 16.5. The fourth-order valence-corrected chi connectivity index (χ4v) is 2.77. The zero-order valence-electron chi connectivity index (χ0n) is 12.8. The van der Waals surface area contributed by atoms with E-state index in [2.05, 4.69) is 44.3 Å². The standard InChI is InChI=1S/C17H27NO/c1-13(2)15-7-6-14(3)12-16(15)19-17(8-5-9-17)10-11-18-4/h6-7,12-13,18H,5,8-11H2,1-4H3. The zero-order chi connectivity index (χ0) is 13.9. The molecule has 1 aliphatic rings. The fourth-order valence-electron chi connectivity index (χ4n) is 2.77. The third-order valence-electron chi connectivity index (χ3n) is 4.21. The van der Waals surface area contributed by atoms with Crippen LogP contribution in [0.3, 0.4) is 0 Å². The highest BCUT2D eigenvalue weighted by Gasteiger charge is 2.39. The van der Waals surface area contributed by atoms with Gasteiger partial charge in [-0.25, -0.2) is 0 Å². The van der Waals surface area contributed by atoms with Gasteiger partial charge in [0.25, 0.3) is 0 Å². The van der Waals surface area contributed by atoms with E-state index < -0.39 is 0 Å². The Bertz CT molecular complexity index is 421. The third-order valence-corrected chi connectivity index (χ3v) is 4.21. The number of rotatable bonds is 6. The number of hydrogen-bond acceptors (Lipinski definition) is 2. The number of ether oxygens (including phenoxy) is 1. The van der Waals surface area contributed by atoms with Gasteiger partial charge in [0, 0.05) is 0 Å². The van der Waals surface area contributed by atoms with Crippen molar-refractivity contribution in [3.63, 3.8) is 0 Å². The molecule has 2 heteroatoms. The summed E-state index contributed by atoms with van der Waals surface area (Å²) < 4.78 is 6.47. The van der Waals surface area contributed by atoms with Gasteiger partial charge in [0.1, 0.15) is 11.4 Å². The molecule has 19 heavy (non-hydrogen) atoms. The summed E-state index contributed by atoms with van der Waals surface area (Å²) in [5, 5.41) is 3.25. The van der Waals surface area contributed by atoms with Crippen LogP contribution >= 0.6 is 0 Å². The van der Waals surface area contributed by atoms with Crippen LogP contribution in [0.1, 0.15) is 56.6 Å². The summed E-state index contributed by atoms with van der Waals surface area (Å²) in [6, 6.07) is 6.61. The predicted octanol–water partition coefficient (Wildman–Crippen LogP) is 4.03. The SMILES string of the molecule is CNCCC1(Oc2cc(C)ccc2C(C)C)CCC1. The zero-order valence-corrected chi connectivity index (χ0v) is 12.8. The molecule has 106 valence electrons. The lowest BCUT2D eigenvalue weighted by atomic mass is 9.77. The molecular weight excluding hydrogens is 234 g/mol. The quantitative estimate of drug-likeness (QED) is 0.835. The molecule has 0 spiro atoms. The minimum atomic E-state index is 0.0838. The fraction of sp³-hybridized carbons (Fsp3) is 0.647. The van der Waals surface area contributed by atoms with Gasteiger partial charge in [-0.05, 0) is 69.3 Å². The maximum absolute atomic E-state index is 6.47. The van der Waals surface area contributed by atoms with Crippen LogP contribution < -0.4 is 10.1 Å². The summed E-state index contributed by atoms with van der Waals surface area (Å²) in [5.74, 6) is 1.61. The van der Waals surface area contributed by atoms with Crippen LogP contribution in [0.5, 0.6) is 5.75 Å². The first-order valence-corrected chi connectivity index (χ1v) is 7.50. The molecule has 0 atom stereocenters. The lowest BCUT2D eigenvalue weighted by molar-refractivity contribution is -0.0148. The first kappa shape index (κ1) is 14.4. The molecule has 1 fully saturated rings. The maximum atomic E-state index is 6.47. The van der Waals surface area contributed by atoms with E-state index in [1.54, 1.807) is 0 Å². The summed E-state index contributed by atoms with van der Waals surface area (Å²) in [6.45, 7) is 7.64. The average Bonchev–Trinajstić information content (AvgIpc) is 2.32. The largest absolute Gasteiger partial charge is 0.487 e. The Morgan fingerprint density at radius 2 is 2.05 bits per heavy atom.